The summed E-state index contributed by atoms with van der Waals surface area (Å²) in [6.45, 7) is 0. The molecule has 2 heterocycles. The van der Waals surface area contributed by atoms with Crippen LogP contribution in [0.2, 0.25) is 0 Å². The van der Waals surface area contributed by atoms with Gasteiger partial charge in [-0.2, -0.15) is 0 Å². The van der Waals surface area contributed by atoms with Crippen LogP contribution in [-0.4, -0.2) is 10.9 Å². The van der Waals surface area contributed by atoms with Crippen molar-refractivity contribution in [2.24, 2.45) is 20.4 Å². The van der Waals surface area contributed by atoms with E-state index in [4.69, 9.17) is 0 Å². The molecular formula is C9H6N4S. The summed E-state index contributed by atoms with van der Waals surface area (Å²) in [7, 11) is 0. The van der Waals surface area contributed by atoms with Gasteiger partial charge in [-0.3, -0.25) is 0 Å². The minimum atomic E-state index is 0.101. The van der Waals surface area contributed by atoms with E-state index in [2.05, 4.69) is 32.6 Å². The van der Waals surface area contributed by atoms with Gasteiger partial charge in [0.15, 0.2) is 5.04 Å². The molecule has 1 aromatic carbocycles. The maximum absolute atomic E-state index is 4.41. The van der Waals surface area contributed by atoms with E-state index in [9.17, 15) is 0 Å². The van der Waals surface area contributed by atoms with Gasteiger partial charge in [0.05, 0.1) is 0 Å². The van der Waals surface area contributed by atoms with E-state index in [1.54, 1.807) is 11.8 Å². The molecule has 14 heavy (non-hydrogen) atoms. The SMILES string of the molecule is c1ccc(C2N=C3N=NN=C3S2)cc1. The zero-order valence-electron chi connectivity index (χ0n) is 7.16. The second-order valence-corrected chi connectivity index (χ2v) is 4.00. The van der Waals surface area contributed by atoms with E-state index in [-0.39, 0.29) is 5.37 Å². The summed E-state index contributed by atoms with van der Waals surface area (Å²) in [5.41, 5.74) is 1.18. The molecule has 0 spiro atoms. The molecule has 0 fully saturated rings. The summed E-state index contributed by atoms with van der Waals surface area (Å²) in [5.74, 6) is 0.670. The second-order valence-electron chi connectivity index (χ2n) is 2.93. The number of thioether (sulfide) groups is 1. The Hall–Kier alpha value is -1.49. The van der Waals surface area contributed by atoms with E-state index in [1.807, 2.05) is 18.2 Å². The summed E-state index contributed by atoms with van der Waals surface area (Å²) in [4.78, 5) is 4.41. The lowest BCUT2D eigenvalue weighted by molar-refractivity contribution is 1.03. The summed E-state index contributed by atoms with van der Waals surface area (Å²) in [6.07, 6.45) is 0. The molecule has 0 aromatic heterocycles. The third-order valence-corrected chi connectivity index (χ3v) is 3.10. The van der Waals surface area contributed by atoms with Gasteiger partial charge in [-0.15, -0.1) is 10.2 Å². The number of amidine groups is 1. The first-order valence-electron chi connectivity index (χ1n) is 4.22. The predicted octanol–water partition coefficient (Wildman–Crippen LogP) is 2.61. The molecule has 68 valence electrons. The van der Waals surface area contributed by atoms with Crippen molar-refractivity contribution in [3.05, 3.63) is 35.9 Å². The Bertz CT molecular complexity index is 449. The van der Waals surface area contributed by atoms with Crippen LogP contribution in [0.1, 0.15) is 10.9 Å². The zero-order chi connectivity index (χ0) is 9.38. The Kier molecular flexibility index (Phi) is 1.70. The molecular weight excluding hydrogens is 196 g/mol. The van der Waals surface area contributed by atoms with Crippen molar-refractivity contribution >= 4 is 22.6 Å². The second kappa shape index (κ2) is 3.02. The van der Waals surface area contributed by atoms with Gasteiger partial charge >= 0.3 is 0 Å². The minimum Gasteiger partial charge on any atom is -0.243 e. The van der Waals surface area contributed by atoms with Crippen LogP contribution in [0.15, 0.2) is 50.8 Å². The van der Waals surface area contributed by atoms with E-state index in [1.165, 1.54) is 5.56 Å². The molecule has 0 saturated carbocycles. The molecule has 3 rings (SSSR count). The monoisotopic (exact) mass is 202 g/mol. The van der Waals surface area contributed by atoms with Crippen molar-refractivity contribution in [3.8, 4) is 0 Å². The average molecular weight is 202 g/mol. The molecule has 0 radical (unpaired) electrons. The predicted molar refractivity (Wildman–Crippen MR) is 56.5 cm³/mol. The summed E-state index contributed by atoms with van der Waals surface area (Å²) < 4.78 is 0. The van der Waals surface area contributed by atoms with E-state index in [0.29, 0.717) is 5.84 Å². The number of fused-ring (bicyclic) bond motifs is 1. The molecule has 5 heteroatoms. The van der Waals surface area contributed by atoms with Gasteiger partial charge in [-0.05, 0) is 10.8 Å². The molecule has 0 saturated heterocycles. The Labute approximate surface area is 84.8 Å². The van der Waals surface area contributed by atoms with Gasteiger partial charge in [0.1, 0.15) is 5.37 Å². The van der Waals surface area contributed by atoms with Crippen molar-refractivity contribution < 1.29 is 0 Å². The molecule has 0 N–H and O–H groups in total. The van der Waals surface area contributed by atoms with Crippen LogP contribution >= 0.6 is 11.8 Å². The van der Waals surface area contributed by atoms with Crippen LogP contribution in [0.25, 0.3) is 0 Å². The number of benzene rings is 1. The van der Waals surface area contributed by atoms with Crippen LogP contribution < -0.4 is 0 Å². The largest absolute Gasteiger partial charge is 0.243 e. The Morgan fingerprint density at radius 2 is 2.00 bits per heavy atom. The lowest BCUT2D eigenvalue weighted by Gasteiger charge is -2.03. The molecule has 0 amide bonds. The van der Waals surface area contributed by atoms with Crippen LogP contribution in [-0.2, 0) is 0 Å². The van der Waals surface area contributed by atoms with Crippen molar-refractivity contribution in [2.75, 3.05) is 0 Å². The lowest BCUT2D eigenvalue weighted by Crippen LogP contribution is -1.94. The van der Waals surface area contributed by atoms with Crippen LogP contribution in [0, 0.1) is 0 Å². The summed E-state index contributed by atoms with van der Waals surface area (Å²) in [6, 6.07) is 10.1. The smallest absolute Gasteiger partial charge is 0.207 e. The van der Waals surface area contributed by atoms with Gasteiger partial charge in [0.2, 0.25) is 5.84 Å². The average Bonchev–Trinajstić information content (AvgIpc) is 2.78. The number of hydrogen-bond donors (Lipinski definition) is 0. The topological polar surface area (TPSA) is 49.4 Å². The van der Waals surface area contributed by atoms with E-state index < -0.39 is 0 Å². The highest BCUT2D eigenvalue weighted by molar-refractivity contribution is 8.16. The standard InChI is InChI=1S/C9H6N4S/c1-2-4-6(5-3-1)8-10-7-9(14-8)12-13-11-7/h1-5,8H. The number of hydrogen-bond acceptors (Lipinski definition) is 5. The first-order valence-corrected chi connectivity index (χ1v) is 5.10. The quantitative estimate of drug-likeness (QED) is 0.690. The molecule has 2 aliphatic rings. The van der Waals surface area contributed by atoms with Gasteiger partial charge in [-0.1, -0.05) is 42.1 Å². The zero-order valence-corrected chi connectivity index (χ0v) is 7.98. The first-order chi connectivity index (χ1) is 6.93. The highest BCUT2D eigenvalue weighted by Crippen LogP contribution is 2.38. The molecule has 0 aliphatic carbocycles. The highest BCUT2D eigenvalue weighted by Gasteiger charge is 2.28. The number of aliphatic imine (C=N–C) groups is 1. The van der Waals surface area contributed by atoms with Crippen molar-refractivity contribution in [1.82, 2.24) is 0 Å². The van der Waals surface area contributed by atoms with Gasteiger partial charge in [0.25, 0.3) is 0 Å². The molecule has 1 unspecified atom stereocenters. The fraction of sp³-hybridized carbons (Fsp3) is 0.111. The molecule has 1 aromatic rings. The lowest BCUT2D eigenvalue weighted by atomic mass is 10.2. The van der Waals surface area contributed by atoms with Crippen molar-refractivity contribution in [2.45, 2.75) is 5.37 Å². The normalized spacial score (nSPS) is 23.3. The fourth-order valence-corrected chi connectivity index (χ4v) is 2.29. The van der Waals surface area contributed by atoms with Crippen molar-refractivity contribution in [3.63, 3.8) is 0 Å². The van der Waals surface area contributed by atoms with E-state index >= 15 is 0 Å². The van der Waals surface area contributed by atoms with Crippen LogP contribution in [0.4, 0.5) is 0 Å². The number of nitrogens with zero attached hydrogens (tertiary/aromatic N) is 4. The Morgan fingerprint density at radius 3 is 2.79 bits per heavy atom. The Morgan fingerprint density at radius 1 is 1.14 bits per heavy atom. The highest BCUT2D eigenvalue weighted by atomic mass is 32.2. The molecule has 0 bridgehead atoms. The minimum absolute atomic E-state index is 0.101. The third-order valence-electron chi connectivity index (χ3n) is 2.01. The van der Waals surface area contributed by atoms with Crippen LogP contribution in [0.5, 0.6) is 0 Å². The molecule has 1 atom stereocenters. The van der Waals surface area contributed by atoms with Crippen molar-refractivity contribution in [1.29, 1.82) is 0 Å². The first kappa shape index (κ1) is 7.87. The van der Waals surface area contributed by atoms with Gasteiger partial charge in [0, 0.05) is 0 Å². The Balaban J connectivity index is 1.95. The van der Waals surface area contributed by atoms with Gasteiger partial charge in [-0.25, -0.2) is 4.99 Å². The maximum Gasteiger partial charge on any atom is 0.207 e. The molecule has 2 aliphatic heterocycles. The third kappa shape index (κ3) is 1.17. The maximum atomic E-state index is 4.41. The fourth-order valence-electron chi connectivity index (χ4n) is 1.35. The van der Waals surface area contributed by atoms with Gasteiger partial charge < -0.3 is 0 Å². The summed E-state index contributed by atoms with van der Waals surface area (Å²) in [5, 5.41) is 12.2. The summed E-state index contributed by atoms with van der Waals surface area (Å²) >= 11 is 1.59. The molecule has 4 nitrogen and oxygen atoms in total. The van der Waals surface area contributed by atoms with E-state index in [0.717, 1.165) is 5.04 Å². The number of rotatable bonds is 1. The van der Waals surface area contributed by atoms with Crippen LogP contribution in [0.3, 0.4) is 0 Å².